The number of hydrogen-bond acceptors (Lipinski definition) is 1. The van der Waals surface area contributed by atoms with Gasteiger partial charge in [-0.25, -0.2) is 0 Å². The van der Waals surface area contributed by atoms with E-state index in [1.807, 2.05) is 18.7 Å². The molecule has 74 valence electrons. The highest BCUT2D eigenvalue weighted by molar-refractivity contribution is 5.79. The van der Waals surface area contributed by atoms with Crippen molar-refractivity contribution in [3.8, 4) is 0 Å². The summed E-state index contributed by atoms with van der Waals surface area (Å²) < 4.78 is 0. The molecule has 0 heterocycles. The third-order valence-electron chi connectivity index (χ3n) is 2.69. The maximum Gasteiger partial charge on any atom is 0.225 e. The molecule has 0 bridgehead atoms. The Balaban J connectivity index is 2.50. The molecule has 0 spiro atoms. The molecular weight excluding hydrogens is 162 g/mol. The van der Waals surface area contributed by atoms with Gasteiger partial charge in [0, 0.05) is 19.0 Å². The van der Waals surface area contributed by atoms with Crippen molar-refractivity contribution in [2.24, 2.45) is 5.92 Å². The Morgan fingerprint density at radius 3 is 2.54 bits per heavy atom. The first-order valence-corrected chi connectivity index (χ1v) is 5.23. The molecule has 1 amide bonds. The van der Waals surface area contributed by atoms with Gasteiger partial charge in [0.25, 0.3) is 0 Å². The van der Waals surface area contributed by atoms with Crippen molar-refractivity contribution in [3.63, 3.8) is 0 Å². The molecule has 0 aromatic rings. The van der Waals surface area contributed by atoms with E-state index in [0.717, 1.165) is 32.4 Å². The molecule has 0 saturated carbocycles. The first kappa shape index (κ1) is 10.3. The van der Waals surface area contributed by atoms with Crippen LogP contribution in [0.1, 0.15) is 33.1 Å². The third-order valence-corrected chi connectivity index (χ3v) is 2.69. The van der Waals surface area contributed by atoms with Crippen LogP contribution in [0.4, 0.5) is 0 Å². The Kier molecular flexibility index (Phi) is 4.00. The van der Waals surface area contributed by atoms with Crippen LogP contribution in [0.25, 0.3) is 0 Å². The van der Waals surface area contributed by atoms with E-state index in [9.17, 15) is 4.79 Å². The first-order chi connectivity index (χ1) is 6.29. The highest BCUT2D eigenvalue weighted by Crippen LogP contribution is 2.20. The second kappa shape index (κ2) is 5.05. The second-order valence-electron chi connectivity index (χ2n) is 3.49. The minimum Gasteiger partial charge on any atom is -0.343 e. The summed E-state index contributed by atoms with van der Waals surface area (Å²) in [6, 6.07) is 0. The molecule has 0 aliphatic heterocycles. The zero-order valence-electron chi connectivity index (χ0n) is 8.62. The molecule has 0 aromatic heterocycles. The predicted molar refractivity (Wildman–Crippen MR) is 54.4 cm³/mol. The molecule has 0 saturated heterocycles. The van der Waals surface area contributed by atoms with Crippen LogP contribution in [0.15, 0.2) is 12.2 Å². The van der Waals surface area contributed by atoms with Crippen molar-refractivity contribution in [1.29, 1.82) is 0 Å². The average Bonchev–Trinajstić information content (AvgIpc) is 2.21. The fourth-order valence-electron chi connectivity index (χ4n) is 1.81. The number of hydrogen-bond donors (Lipinski definition) is 0. The third kappa shape index (κ3) is 2.58. The van der Waals surface area contributed by atoms with E-state index in [1.54, 1.807) is 0 Å². The van der Waals surface area contributed by atoms with Crippen molar-refractivity contribution in [3.05, 3.63) is 12.2 Å². The molecular formula is C11H19NO. The summed E-state index contributed by atoms with van der Waals surface area (Å²) in [6.45, 7) is 5.77. The number of carbonyl (C=O) groups excluding carboxylic acids is 1. The fraction of sp³-hybridized carbons (Fsp3) is 0.727. The maximum absolute atomic E-state index is 11.9. The Hall–Kier alpha value is -0.790. The number of allylic oxidation sites excluding steroid dienone is 2. The largest absolute Gasteiger partial charge is 0.343 e. The van der Waals surface area contributed by atoms with Crippen LogP contribution in [0, 0.1) is 5.92 Å². The lowest BCUT2D eigenvalue weighted by molar-refractivity contribution is -0.135. The molecule has 2 nitrogen and oxygen atoms in total. The van der Waals surface area contributed by atoms with Gasteiger partial charge in [-0.05, 0) is 33.1 Å². The van der Waals surface area contributed by atoms with Crippen LogP contribution < -0.4 is 0 Å². The van der Waals surface area contributed by atoms with E-state index < -0.39 is 0 Å². The molecule has 1 aliphatic rings. The molecule has 1 rings (SSSR count). The van der Waals surface area contributed by atoms with E-state index >= 15 is 0 Å². The Morgan fingerprint density at radius 1 is 1.38 bits per heavy atom. The Labute approximate surface area is 80.6 Å². The lowest BCUT2D eigenvalue weighted by Crippen LogP contribution is -2.36. The number of carbonyl (C=O) groups is 1. The van der Waals surface area contributed by atoms with Crippen molar-refractivity contribution >= 4 is 5.91 Å². The summed E-state index contributed by atoms with van der Waals surface area (Å²) in [7, 11) is 0. The van der Waals surface area contributed by atoms with Gasteiger partial charge in [-0.2, -0.15) is 0 Å². The van der Waals surface area contributed by atoms with Crippen molar-refractivity contribution in [2.45, 2.75) is 33.1 Å². The summed E-state index contributed by atoms with van der Waals surface area (Å²) in [5, 5.41) is 0. The van der Waals surface area contributed by atoms with Gasteiger partial charge in [0.1, 0.15) is 0 Å². The van der Waals surface area contributed by atoms with Gasteiger partial charge < -0.3 is 4.90 Å². The quantitative estimate of drug-likeness (QED) is 0.611. The van der Waals surface area contributed by atoms with E-state index in [4.69, 9.17) is 0 Å². The average molecular weight is 181 g/mol. The summed E-state index contributed by atoms with van der Waals surface area (Å²) in [5.74, 6) is 0.597. The zero-order valence-corrected chi connectivity index (χ0v) is 8.62. The van der Waals surface area contributed by atoms with Crippen molar-refractivity contribution < 1.29 is 4.79 Å². The standard InChI is InChI=1S/C11H19NO/c1-3-12(4-2)11(13)10-8-6-5-7-9-10/h5-6,10H,3-4,7-9H2,1-2H3/t10-/m1/s1. The normalized spacial score (nSPS) is 21.5. The van der Waals surface area contributed by atoms with Crippen molar-refractivity contribution in [2.75, 3.05) is 13.1 Å². The van der Waals surface area contributed by atoms with E-state index in [1.165, 1.54) is 0 Å². The Bertz CT molecular complexity index is 194. The van der Waals surface area contributed by atoms with Crippen LogP contribution in [0.5, 0.6) is 0 Å². The number of nitrogens with zero attached hydrogens (tertiary/aromatic N) is 1. The first-order valence-electron chi connectivity index (χ1n) is 5.23. The monoisotopic (exact) mass is 181 g/mol. The van der Waals surface area contributed by atoms with Crippen molar-refractivity contribution in [1.82, 2.24) is 4.90 Å². The lowest BCUT2D eigenvalue weighted by atomic mass is 9.93. The van der Waals surface area contributed by atoms with E-state index in [0.29, 0.717) is 5.91 Å². The zero-order chi connectivity index (χ0) is 9.68. The van der Waals surface area contributed by atoms with Gasteiger partial charge in [-0.3, -0.25) is 4.79 Å². The molecule has 0 N–H and O–H groups in total. The molecule has 13 heavy (non-hydrogen) atoms. The van der Waals surface area contributed by atoms with Crippen LogP contribution in [0.2, 0.25) is 0 Å². The van der Waals surface area contributed by atoms with Crippen LogP contribution in [-0.2, 0) is 4.79 Å². The highest BCUT2D eigenvalue weighted by atomic mass is 16.2. The maximum atomic E-state index is 11.9. The summed E-state index contributed by atoms with van der Waals surface area (Å²) in [6.07, 6.45) is 7.35. The van der Waals surface area contributed by atoms with Gasteiger partial charge in [-0.1, -0.05) is 12.2 Å². The van der Waals surface area contributed by atoms with Gasteiger partial charge in [-0.15, -0.1) is 0 Å². The molecule has 0 aromatic carbocycles. The molecule has 1 atom stereocenters. The van der Waals surface area contributed by atoms with Crippen LogP contribution in [0.3, 0.4) is 0 Å². The number of rotatable bonds is 3. The molecule has 1 aliphatic carbocycles. The van der Waals surface area contributed by atoms with Crippen LogP contribution >= 0.6 is 0 Å². The van der Waals surface area contributed by atoms with Gasteiger partial charge in [0.05, 0.1) is 0 Å². The summed E-state index contributed by atoms with van der Waals surface area (Å²) in [4.78, 5) is 13.8. The SMILES string of the molecule is CCN(CC)C(=O)[C@@H]1CC=CCC1. The topological polar surface area (TPSA) is 20.3 Å². The predicted octanol–water partition coefficient (Wildman–Crippen LogP) is 2.21. The Morgan fingerprint density at radius 2 is 2.08 bits per heavy atom. The van der Waals surface area contributed by atoms with Gasteiger partial charge in [0.2, 0.25) is 5.91 Å². The number of amides is 1. The highest BCUT2D eigenvalue weighted by Gasteiger charge is 2.21. The van der Waals surface area contributed by atoms with Crippen LogP contribution in [-0.4, -0.2) is 23.9 Å². The molecule has 0 unspecified atom stereocenters. The minimum absolute atomic E-state index is 0.255. The fourth-order valence-corrected chi connectivity index (χ4v) is 1.81. The smallest absolute Gasteiger partial charge is 0.225 e. The lowest BCUT2D eigenvalue weighted by Gasteiger charge is -2.25. The van der Waals surface area contributed by atoms with Gasteiger partial charge in [0.15, 0.2) is 0 Å². The second-order valence-corrected chi connectivity index (χ2v) is 3.49. The van der Waals surface area contributed by atoms with E-state index in [-0.39, 0.29) is 5.92 Å². The summed E-state index contributed by atoms with van der Waals surface area (Å²) in [5.41, 5.74) is 0. The summed E-state index contributed by atoms with van der Waals surface area (Å²) >= 11 is 0. The van der Waals surface area contributed by atoms with Gasteiger partial charge >= 0.3 is 0 Å². The minimum atomic E-state index is 0.255. The van der Waals surface area contributed by atoms with E-state index in [2.05, 4.69) is 12.2 Å². The molecule has 2 heteroatoms. The molecule has 0 fully saturated rings. The molecule has 0 radical (unpaired) electrons.